The van der Waals surface area contributed by atoms with E-state index in [-0.39, 0.29) is 23.4 Å². The first kappa shape index (κ1) is 24.9. The highest BCUT2D eigenvalue weighted by Crippen LogP contribution is 2.40. The number of likely N-dealkylation sites (tertiary alicyclic amines) is 2. The van der Waals surface area contributed by atoms with Crippen molar-refractivity contribution in [3.05, 3.63) is 64.7 Å². The lowest BCUT2D eigenvalue weighted by Gasteiger charge is -2.59. The Kier molecular flexibility index (Phi) is 6.94. The van der Waals surface area contributed by atoms with Crippen molar-refractivity contribution in [1.82, 2.24) is 15.1 Å². The second-order valence-corrected chi connectivity index (χ2v) is 10.8. The first-order valence-corrected chi connectivity index (χ1v) is 12.0. The zero-order valence-corrected chi connectivity index (χ0v) is 21.0. The lowest BCUT2D eigenvalue weighted by atomic mass is 9.73. The number of nitrogens with one attached hydrogen (secondary N) is 2. The molecule has 1 spiro atoms. The minimum absolute atomic E-state index is 0.0136. The number of rotatable bonds is 5. The van der Waals surface area contributed by atoms with Crippen molar-refractivity contribution < 1.29 is 19.1 Å². The second kappa shape index (κ2) is 9.77. The van der Waals surface area contributed by atoms with E-state index in [1.807, 2.05) is 49.9 Å². The van der Waals surface area contributed by atoms with Gasteiger partial charge in [0.05, 0.1) is 6.42 Å². The van der Waals surface area contributed by atoms with Gasteiger partial charge in [-0.3, -0.25) is 4.79 Å². The van der Waals surface area contributed by atoms with Crippen LogP contribution in [0.25, 0.3) is 0 Å². The van der Waals surface area contributed by atoms with E-state index >= 15 is 0 Å². The number of anilines is 1. The molecule has 0 aromatic heterocycles. The van der Waals surface area contributed by atoms with Crippen LogP contribution in [-0.2, 0) is 22.5 Å². The van der Waals surface area contributed by atoms with Crippen LogP contribution in [0.1, 0.15) is 31.9 Å². The van der Waals surface area contributed by atoms with Gasteiger partial charge < -0.3 is 25.2 Å². The molecule has 2 aliphatic rings. The number of ether oxygens (including phenoxy) is 1. The molecule has 0 aliphatic carbocycles. The first-order valence-electron chi connectivity index (χ1n) is 11.6. The van der Waals surface area contributed by atoms with Crippen molar-refractivity contribution in [3.8, 4) is 0 Å². The summed E-state index contributed by atoms with van der Waals surface area (Å²) in [6.45, 7) is 8.54. The number of urea groups is 1. The van der Waals surface area contributed by atoms with E-state index in [4.69, 9.17) is 16.3 Å². The average molecular weight is 499 g/mol. The molecular formula is C26H31ClN4O4. The molecule has 2 fully saturated rings. The molecule has 2 aromatic rings. The fraction of sp³-hybridized carbons (Fsp3) is 0.423. The minimum Gasteiger partial charge on any atom is -0.444 e. The molecule has 186 valence electrons. The Bertz CT molecular complexity index is 1080. The van der Waals surface area contributed by atoms with Gasteiger partial charge >= 0.3 is 12.1 Å². The van der Waals surface area contributed by atoms with Crippen LogP contribution in [-0.4, -0.2) is 59.6 Å². The van der Waals surface area contributed by atoms with E-state index < -0.39 is 5.60 Å². The molecule has 0 saturated carbocycles. The standard InChI is InChI=1S/C26H31ClN4O4/c1-25(2,3)35-24(34)31-16-26(17-31)14-30(15-26)22(32)12-18-6-10-21(11-7-18)29-23(33)28-13-19-4-8-20(27)9-5-19/h4-11H,12-17H2,1-3H3,(H2,28,29,33). The number of halogens is 1. The fourth-order valence-corrected chi connectivity index (χ4v) is 4.44. The fourth-order valence-electron chi connectivity index (χ4n) is 4.31. The Balaban J connectivity index is 1.17. The molecule has 35 heavy (non-hydrogen) atoms. The van der Waals surface area contributed by atoms with Crippen molar-refractivity contribution in [2.24, 2.45) is 5.41 Å². The van der Waals surface area contributed by atoms with E-state index in [9.17, 15) is 14.4 Å². The molecule has 0 unspecified atom stereocenters. The zero-order valence-electron chi connectivity index (χ0n) is 20.3. The Morgan fingerprint density at radius 1 is 0.914 bits per heavy atom. The molecule has 2 aliphatic heterocycles. The summed E-state index contributed by atoms with van der Waals surface area (Å²) in [5.41, 5.74) is 1.99. The van der Waals surface area contributed by atoms with Crippen LogP contribution in [0.15, 0.2) is 48.5 Å². The molecule has 2 heterocycles. The maximum atomic E-state index is 12.7. The van der Waals surface area contributed by atoms with Gasteiger partial charge in [-0.25, -0.2) is 9.59 Å². The van der Waals surface area contributed by atoms with Gasteiger partial charge in [-0.15, -0.1) is 0 Å². The molecular weight excluding hydrogens is 468 g/mol. The molecule has 0 radical (unpaired) electrons. The largest absolute Gasteiger partial charge is 0.444 e. The maximum Gasteiger partial charge on any atom is 0.410 e. The van der Waals surface area contributed by atoms with Gasteiger partial charge in [0, 0.05) is 48.8 Å². The van der Waals surface area contributed by atoms with Gasteiger partial charge in [0.1, 0.15) is 5.60 Å². The zero-order chi connectivity index (χ0) is 25.2. The number of nitrogens with zero attached hydrogens (tertiary/aromatic N) is 2. The van der Waals surface area contributed by atoms with E-state index in [0.717, 1.165) is 11.1 Å². The predicted molar refractivity (Wildman–Crippen MR) is 134 cm³/mol. The van der Waals surface area contributed by atoms with E-state index in [1.54, 1.807) is 29.2 Å². The summed E-state index contributed by atoms with van der Waals surface area (Å²) < 4.78 is 5.40. The van der Waals surface area contributed by atoms with Crippen LogP contribution < -0.4 is 10.6 Å². The summed E-state index contributed by atoms with van der Waals surface area (Å²) in [4.78, 5) is 40.5. The number of carbonyl (C=O) groups is 3. The van der Waals surface area contributed by atoms with E-state index in [0.29, 0.717) is 49.9 Å². The van der Waals surface area contributed by atoms with Gasteiger partial charge in [-0.1, -0.05) is 35.9 Å². The first-order chi connectivity index (χ1) is 16.5. The molecule has 9 heteroatoms. The molecule has 4 rings (SSSR count). The van der Waals surface area contributed by atoms with Gasteiger partial charge in [0.15, 0.2) is 0 Å². The molecule has 0 bridgehead atoms. The number of carbonyl (C=O) groups excluding carboxylic acids is 3. The third kappa shape index (κ3) is 6.45. The summed E-state index contributed by atoms with van der Waals surface area (Å²) in [6.07, 6.45) is 0.00907. The molecule has 2 saturated heterocycles. The lowest BCUT2D eigenvalue weighted by molar-refractivity contribution is -0.156. The van der Waals surface area contributed by atoms with E-state index in [2.05, 4.69) is 10.6 Å². The third-order valence-electron chi connectivity index (χ3n) is 6.04. The summed E-state index contributed by atoms with van der Waals surface area (Å²) in [7, 11) is 0. The van der Waals surface area contributed by atoms with Crippen LogP contribution in [0.3, 0.4) is 0 Å². The molecule has 4 amide bonds. The van der Waals surface area contributed by atoms with Crippen molar-refractivity contribution in [1.29, 1.82) is 0 Å². The van der Waals surface area contributed by atoms with Crippen LogP contribution in [0.2, 0.25) is 5.02 Å². The summed E-state index contributed by atoms with van der Waals surface area (Å²) in [5, 5.41) is 6.24. The number of amides is 4. The molecule has 8 nitrogen and oxygen atoms in total. The van der Waals surface area contributed by atoms with Crippen molar-refractivity contribution in [2.75, 3.05) is 31.5 Å². The molecule has 2 N–H and O–H groups in total. The second-order valence-electron chi connectivity index (χ2n) is 10.4. The highest BCUT2D eigenvalue weighted by atomic mass is 35.5. The SMILES string of the molecule is CC(C)(C)OC(=O)N1CC2(CN(C(=O)Cc3ccc(NC(=O)NCc4ccc(Cl)cc4)cc3)C2)C1. The number of benzene rings is 2. The molecule has 2 aromatic carbocycles. The summed E-state index contributed by atoms with van der Waals surface area (Å²) in [6, 6.07) is 14.2. The smallest absolute Gasteiger partial charge is 0.410 e. The Morgan fingerprint density at radius 3 is 2.09 bits per heavy atom. The summed E-state index contributed by atoms with van der Waals surface area (Å²) in [5.74, 6) is 0.0627. The Labute approximate surface area is 210 Å². The maximum absolute atomic E-state index is 12.7. The van der Waals surface area contributed by atoms with Gasteiger partial charge in [-0.2, -0.15) is 0 Å². The Morgan fingerprint density at radius 2 is 1.49 bits per heavy atom. The predicted octanol–water partition coefficient (Wildman–Crippen LogP) is 4.28. The number of hydrogen-bond acceptors (Lipinski definition) is 4. The topological polar surface area (TPSA) is 91.0 Å². The van der Waals surface area contributed by atoms with Crippen LogP contribution in [0.4, 0.5) is 15.3 Å². The van der Waals surface area contributed by atoms with Crippen molar-refractivity contribution >= 4 is 35.3 Å². The van der Waals surface area contributed by atoms with Crippen molar-refractivity contribution in [3.63, 3.8) is 0 Å². The highest BCUT2D eigenvalue weighted by Gasteiger charge is 2.55. The minimum atomic E-state index is -0.506. The number of hydrogen-bond donors (Lipinski definition) is 2. The average Bonchev–Trinajstić information content (AvgIpc) is 2.71. The lowest BCUT2D eigenvalue weighted by Crippen LogP contribution is -2.74. The van der Waals surface area contributed by atoms with Gasteiger partial charge in [0.25, 0.3) is 0 Å². The van der Waals surface area contributed by atoms with Crippen LogP contribution in [0.5, 0.6) is 0 Å². The van der Waals surface area contributed by atoms with Gasteiger partial charge in [-0.05, 0) is 56.2 Å². The quantitative estimate of drug-likeness (QED) is 0.643. The monoisotopic (exact) mass is 498 g/mol. The van der Waals surface area contributed by atoms with E-state index in [1.165, 1.54) is 0 Å². The van der Waals surface area contributed by atoms with Gasteiger partial charge in [0.2, 0.25) is 5.91 Å². The normalized spacial score (nSPS) is 16.2. The van der Waals surface area contributed by atoms with Crippen molar-refractivity contribution in [2.45, 2.75) is 39.3 Å². The Hall–Kier alpha value is -3.26. The molecule has 0 atom stereocenters. The van der Waals surface area contributed by atoms with Crippen LogP contribution in [0, 0.1) is 5.41 Å². The highest BCUT2D eigenvalue weighted by molar-refractivity contribution is 6.30. The third-order valence-corrected chi connectivity index (χ3v) is 6.29. The summed E-state index contributed by atoms with van der Waals surface area (Å²) >= 11 is 5.87. The van der Waals surface area contributed by atoms with Crippen LogP contribution >= 0.6 is 11.6 Å².